The van der Waals surface area contributed by atoms with E-state index in [1.165, 1.54) is 12.1 Å². The quantitative estimate of drug-likeness (QED) is 0.846. The summed E-state index contributed by atoms with van der Waals surface area (Å²) < 4.78 is 42.6. The molecular weight excluding hydrogens is 325 g/mol. The maximum atomic E-state index is 12.5. The molecular formula is C15H17F3N4O2. The Hall–Kier alpha value is -2.58. The SMILES string of the molecule is CC[C@@H](NC(=O)COc1ccc(C(F)(F)F)cc1)c1n[nH]c(C)n1. The zero-order valence-corrected chi connectivity index (χ0v) is 13.1. The number of H-pyrrole nitrogens is 1. The van der Waals surface area contributed by atoms with Crippen LogP contribution >= 0.6 is 0 Å². The Balaban J connectivity index is 1.88. The van der Waals surface area contributed by atoms with Crippen molar-refractivity contribution in [3.05, 3.63) is 41.5 Å². The summed E-state index contributed by atoms with van der Waals surface area (Å²) in [6.07, 6.45) is -3.82. The van der Waals surface area contributed by atoms with Gasteiger partial charge in [-0.3, -0.25) is 9.89 Å². The van der Waals surface area contributed by atoms with E-state index in [9.17, 15) is 18.0 Å². The van der Waals surface area contributed by atoms with Gasteiger partial charge < -0.3 is 10.1 Å². The Labute approximate surface area is 136 Å². The van der Waals surface area contributed by atoms with Crippen molar-refractivity contribution in [2.24, 2.45) is 0 Å². The van der Waals surface area contributed by atoms with Gasteiger partial charge in [0.1, 0.15) is 11.6 Å². The van der Waals surface area contributed by atoms with Crippen LogP contribution in [0.15, 0.2) is 24.3 Å². The highest BCUT2D eigenvalue weighted by molar-refractivity contribution is 5.77. The zero-order valence-electron chi connectivity index (χ0n) is 13.1. The Morgan fingerprint density at radius 1 is 1.33 bits per heavy atom. The van der Waals surface area contributed by atoms with E-state index in [0.29, 0.717) is 18.1 Å². The van der Waals surface area contributed by atoms with Crippen molar-refractivity contribution in [2.45, 2.75) is 32.5 Å². The van der Waals surface area contributed by atoms with E-state index in [1.54, 1.807) is 6.92 Å². The Bertz CT molecular complexity index is 683. The van der Waals surface area contributed by atoms with Crippen LogP contribution in [0.25, 0.3) is 0 Å². The summed E-state index contributed by atoms with van der Waals surface area (Å²) in [6, 6.07) is 3.79. The summed E-state index contributed by atoms with van der Waals surface area (Å²) in [5.41, 5.74) is -0.773. The molecule has 0 saturated carbocycles. The van der Waals surface area contributed by atoms with E-state index in [0.717, 1.165) is 12.1 Å². The van der Waals surface area contributed by atoms with Crippen molar-refractivity contribution in [1.29, 1.82) is 0 Å². The molecule has 9 heteroatoms. The van der Waals surface area contributed by atoms with E-state index in [1.807, 2.05) is 6.92 Å². The topological polar surface area (TPSA) is 79.9 Å². The molecule has 1 amide bonds. The third-order valence-electron chi connectivity index (χ3n) is 3.22. The highest BCUT2D eigenvalue weighted by Gasteiger charge is 2.30. The van der Waals surface area contributed by atoms with Crippen LogP contribution in [0.3, 0.4) is 0 Å². The molecule has 2 N–H and O–H groups in total. The number of hydrogen-bond acceptors (Lipinski definition) is 4. The van der Waals surface area contributed by atoms with Gasteiger partial charge in [0.05, 0.1) is 11.6 Å². The largest absolute Gasteiger partial charge is 0.484 e. The minimum absolute atomic E-state index is 0.180. The number of amides is 1. The van der Waals surface area contributed by atoms with Crippen LogP contribution in [-0.2, 0) is 11.0 Å². The van der Waals surface area contributed by atoms with E-state index in [-0.39, 0.29) is 18.4 Å². The molecule has 1 aromatic carbocycles. The number of ether oxygens (including phenoxy) is 1. The van der Waals surface area contributed by atoms with Gasteiger partial charge in [-0.25, -0.2) is 4.98 Å². The number of aromatic nitrogens is 3. The summed E-state index contributed by atoms with van der Waals surface area (Å²) in [4.78, 5) is 16.1. The molecule has 2 aromatic rings. The number of rotatable bonds is 6. The third-order valence-corrected chi connectivity index (χ3v) is 3.22. The molecule has 0 spiro atoms. The maximum absolute atomic E-state index is 12.5. The number of aryl methyl sites for hydroxylation is 1. The molecule has 0 saturated heterocycles. The van der Waals surface area contributed by atoms with Crippen molar-refractivity contribution in [1.82, 2.24) is 20.5 Å². The lowest BCUT2D eigenvalue weighted by Gasteiger charge is -2.14. The summed E-state index contributed by atoms with van der Waals surface area (Å²) in [5, 5.41) is 9.40. The van der Waals surface area contributed by atoms with E-state index in [4.69, 9.17) is 4.74 Å². The van der Waals surface area contributed by atoms with Crippen LogP contribution in [-0.4, -0.2) is 27.7 Å². The first-order valence-electron chi connectivity index (χ1n) is 7.28. The predicted octanol–water partition coefficient (Wildman–Crippen LogP) is 2.78. The molecule has 0 radical (unpaired) electrons. The number of nitrogens with zero attached hydrogens (tertiary/aromatic N) is 2. The van der Waals surface area contributed by atoms with E-state index < -0.39 is 17.6 Å². The van der Waals surface area contributed by atoms with Crippen molar-refractivity contribution in [3.8, 4) is 5.75 Å². The molecule has 1 heterocycles. The molecule has 0 bridgehead atoms. The smallest absolute Gasteiger partial charge is 0.416 e. The normalized spacial score (nSPS) is 12.7. The Kier molecular flexibility index (Phi) is 5.42. The summed E-state index contributed by atoms with van der Waals surface area (Å²) >= 11 is 0. The number of benzene rings is 1. The zero-order chi connectivity index (χ0) is 17.7. The van der Waals surface area contributed by atoms with Crippen LogP contribution in [0.2, 0.25) is 0 Å². The molecule has 130 valence electrons. The van der Waals surface area contributed by atoms with Gasteiger partial charge in [0.2, 0.25) is 0 Å². The molecule has 0 unspecified atom stereocenters. The number of halogens is 3. The van der Waals surface area contributed by atoms with E-state index in [2.05, 4.69) is 20.5 Å². The predicted molar refractivity (Wildman–Crippen MR) is 79.2 cm³/mol. The second-order valence-electron chi connectivity index (χ2n) is 5.12. The summed E-state index contributed by atoms with van der Waals surface area (Å²) in [6.45, 7) is 3.30. The first-order chi connectivity index (χ1) is 11.3. The van der Waals surface area contributed by atoms with Crippen molar-refractivity contribution in [2.75, 3.05) is 6.61 Å². The Morgan fingerprint density at radius 2 is 2.00 bits per heavy atom. The van der Waals surface area contributed by atoms with Crippen molar-refractivity contribution >= 4 is 5.91 Å². The van der Waals surface area contributed by atoms with Crippen LogP contribution in [0, 0.1) is 6.92 Å². The second-order valence-corrected chi connectivity index (χ2v) is 5.12. The van der Waals surface area contributed by atoms with Crippen LogP contribution in [0.1, 0.15) is 36.6 Å². The fourth-order valence-electron chi connectivity index (χ4n) is 1.99. The monoisotopic (exact) mass is 342 g/mol. The van der Waals surface area contributed by atoms with Crippen LogP contribution < -0.4 is 10.1 Å². The molecule has 0 aliphatic rings. The average molecular weight is 342 g/mol. The average Bonchev–Trinajstić information content (AvgIpc) is 2.96. The molecule has 2 rings (SSSR count). The molecule has 1 atom stereocenters. The van der Waals surface area contributed by atoms with Gasteiger partial charge in [0.15, 0.2) is 12.4 Å². The van der Waals surface area contributed by atoms with Crippen molar-refractivity contribution in [3.63, 3.8) is 0 Å². The standard InChI is InChI=1S/C15H17F3N4O2/c1-3-12(14-19-9(2)21-22-14)20-13(23)8-24-11-6-4-10(5-7-11)15(16,17)18/h4-7,12H,3,8H2,1-2H3,(H,20,23)(H,19,21,22)/t12-/m1/s1. The number of hydrogen-bond donors (Lipinski definition) is 2. The lowest BCUT2D eigenvalue weighted by molar-refractivity contribution is -0.137. The van der Waals surface area contributed by atoms with Crippen molar-refractivity contribution < 1.29 is 22.7 Å². The second kappa shape index (κ2) is 7.33. The number of alkyl halides is 3. The van der Waals surface area contributed by atoms with E-state index >= 15 is 0 Å². The van der Waals surface area contributed by atoms with Gasteiger partial charge >= 0.3 is 6.18 Å². The fraction of sp³-hybridized carbons (Fsp3) is 0.400. The first kappa shape index (κ1) is 17.8. The van der Waals surface area contributed by atoms with Crippen LogP contribution in [0.5, 0.6) is 5.75 Å². The minimum Gasteiger partial charge on any atom is -0.484 e. The van der Waals surface area contributed by atoms with Gasteiger partial charge in [0.25, 0.3) is 5.91 Å². The van der Waals surface area contributed by atoms with Gasteiger partial charge in [-0.15, -0.1) is 0 Å². The molecule has 24 heavy (non-hydrogen) atoms. The molecule has 6 nitrogen and oxygen atoms in total. The number of nitrogens with one attached hydrogen (secondary N) is 2. The van der Waals surface area contributed by atoms with Gasteiger partial charge in [-0.2, -0.15) is 18.3 Å². The third kappa shape index (κ3) is 4.71. The Morgan fingerprint density at radius 3 is 2.50 bits per heavy atom. The highest BCUT2D eigenvalue weighted by atomic mass is 19.4. The maximum Gasteiger partial charge on any atom is 0.416 e. The number of aromatic amines is 1. The first-order valence-corrected chi connectivity index (χ1v) is 7.28. The van der Waals surface area contributed by atoms with Gasteiger partial charge in [-0.1, -0.05) is 6.92 Å². The molecule has 0 fully saturated rings. The highest BCUT2D eigenvalue weighted by Crippen LogP contribution is 2.30. The van der Waals surface area contributed by atoms with Gasteiger partial charge in [-0.05, 0) is 37.6 Å². The number of carbonyl (C=O) groups excluding carboxylic acids is 1. The lowest BCUT2D eigenvalue weighted by atomic mass is 10.2. The number of carbonyl (C=O) groups is 1. The van der Waals surface area contributed by atoms with Crippen LogP contribution in [0.4, 0.5) is 13.2 Å². The molecule has 0 aliphatic carbocycles. The minimum atomic E-state index is -4.40. The lowest BCUT2D eigenvalue weighted by Crippen LogP contribution is -2.33. The van der Waals surface area contributed by atoms with Gasteiger partial charge in [0, 0.05) is 0 Å². The fourth-order valence-corrected chi connectivity index (χ4v) is 1.99. The summed E-state index contributed by atoms with van der Waals surface area (Å²) in [7, 11) is 0. The molecule has 1 aromatic heterocycles. The molecule has 0 aliphatic heterocycles. The summed E-state index contributed by atoms with van der Waals surface area (Å²) in [5.74, 6) is 0.876.